The third-order valence-corrected chi connectivity index (χ3v) is 11.3. The van der Waals surface area contributed by atoms with Gasteiger partial charge in [-0.1, -0.05) is 38.9 Å². The predicted octanol–water partition coefficient (Wildman–Crippen LogP) is 4.49. The average molecular weight is 779 g/mol. The molecule has 3 fully saturated rings. The van der Waals surface area contributed by atoms with Crippen molar-refractivity contribution >= 4 is 35.4 Å². The molecule has 3 N–H and O–H groups in total. The van der Waals surface area contributed by atoms with Crippen LogP contribution in [-0.4, -0.2) is 126 Å². The van der Waals surface area contributed by atoms with Gasteiger partial charge in [0, 0.05) is 43.3 Å². The number of likely N-dealkylation sites (N-methyl/N-ethyl adjacent to an activating group) is 1. The summed E-state index contributed by atoms with van der Waals surface area (Å²) < 4.78 is 52.6. The molecule has 15 nitrogen and oxygen atoms in total. The molecule has 0 amide bonds. The van der Waals surface area contributed by atoms with Crippen LogP contribution in [0.2, 0.25) is 0 Å². The molecule has 0 aliphatic carbocycles. The number of alkyl halides is 1. The van der Waals surface area contributed by atoms with E-state index in [0.717, 1.165) is 12.5 Å². The van der Waals surface area contributed by atoms with Crippen LogP contribution in [0.25, 0.3) is 6.08 Å². The number of hydrogen-bond acceptors (Lipinski definition) is 15. The minimum absolute atomic E-state index is 0.0428. The van der Waals surface area contributed by atoms with Gasteiger partial charge in [-0.25, -0.2) is 14.0 Å². The van der Waals surface area contributed by atoms with Gasteiger partial charge in [0.2, 0.25) is 0 Å². The van der Waals surface area contributed by atoms with Gasteiger partial charge in [-0.3, -0.25) is 9.78 Å². The molecule has 0 spiro atoms. The molecule has 55 heavy (non-hydrogen) atoms. The molecule has 0 saturated carbocycles. The normalized spacial score (nSPS) is 40.0. The number of pyridine rings is 1. The first kappa shape index (κ1) is 44.0. The summed E-state index contributed by atoms with van der Waals surface area (Å²) >= 11 is 0. The number of aliphatic hydroxyl groups excluding tert-OH is 1. The van der Waals surface area contributed by atoms with Gasteiger partial charge in [-0.15, -0.1) is 0 Å². The van der Waals surface area contributed by atoms with Crippen molar-refractivity contribution in [3.05, 3.63) is 30.1 Å². The monoisotopic (exact) mass is 778 g/mol. The summed E-state index contributed by atoms with van der Waals surface area (Å²) in [5, 5.41) is 16.0. The second-order valence-electron chi connectivity index (χ2n) is 15.8. The van der Waals surface area contributed by atoms with E-state index >= 15 is 4.39 Å². The summed E-state index contributed by atoms with van der Waals surface area (Å²) in [5.41, 5.74) is 1.36. The van der Waals surface area contributed by atoms with Crippen molar-refractivity contribution in [3.8, 4) is 0 Å². The van der Waals surface area contributed by atoms with Gasteiger partial charge in [0.15, 0.2) is 23.8 Å². The maximum absolute atomic E-state index is 16.7. The Balaban J connectivity index is 1.82. The van der Waals surface area contributed by atoms with E-state index in [4.69, 9.17) is 39.0 Å². The number of nitrogens with two attached hydrogens (primary N) is 1. The highest BCUT2D eigenvalue weighted by Crippen LogP contribution is 2.43. The predicted molar refractivity (Wildman–Crippen MR) is 200 cm³/mol. The quantitative estimate of drug-likeness (QED) is 0.154. The van der Waals surface area contributed by atoms with Gasteiger partial charge in [0.25, 0.3) is 5.67 Å². The van der Waals surface area contributed by atoms with E-state index in [-0.39, 0.29) is 31.6 Å². The highest BCUT2D eigenvalue weighted by molar-refractivity contribution is 6.08. The number of ether oxygens (including phenoxy) is 6. The van der Waals surface area contributed by atoms with Crippen molar-refractivity contribution in [2.45, 2.75) is 134 Å². The van der Waals surface area contributed by atoms with Crippen LogP contribution in [0.3, 0.4) is 0 Å². The first-order valence-corrected chi connectivity index (χ1v) is 18.8. The molecule has 0 bridgehead atoms. The Kier molecular flexibility index (Phi) is 14.1. The fourth-order valence-electron chi connectivity index (χ4n) is 8.14. The van der Waals surface area contributed by atoms with E-state index in [0.29, 0.717) is 17.8 Å². The number of halogens is 1. The molecule has 4 heterocycles. The molecule has 0 unspecified atom stereocenters. The van der Waals surface area contributed by atoms with E-state index in [1.54, 1.807) is 52.1 Å². The number of anilines is 1. The molecule has 0 radical (unpaired) electrons. The number of hydrogen-bond donors (Lipinski definition) is 2. The number of Topliss-reactive ketones (excluding diaryl/α,β-unsaturated/α-hetero) is 1. The van der Waals surface area contributed by atoms with Crippen molar-refractivity contribution in [1.29, 1.82) is 0 Å². The molecule has 0 aromatic carbocycles. The third-order valence-electron chi connectivity index (χ3n) is 11.3. The lowest BCUT2D eigenvalue weighted by molar-refractivity contribution is -0.295. The number of ketones is 1. The van der Waals surface area contributed by atoms with Crippen molar-refractivity contribution in [2.24, 2.45) is 22.9 Å². The van der Waals surface area contributed by atoms with Crippen molar-refractivity contribution in [1.82, 2.24) is 9.88 Å². The number of fused-ring (bicyclic) bond motifs is 1. The summed E-state index contributed by atoms with van der Waals surface area (Å²) in [6.45, 7) is 12.7. The Labute approximate surface area is 323 Å². The van der Waals surface area contributed by atoms with E-state index in [1.807, 2.05) is 32.8 Å². The van der Waals surface area contributed by atoms with E-state index in [2.05, 4.69) is 10.1 Å². The van der Waals surface area contributed by atoms with Crippen LogP contribution in [0.4, 0.5) is 14.9 Å². The van der Waals surface area contributed by atoms with Crippen LogP contribution in [0.1, 0.15) is 80.2 Å². The number of nitrogen functional groups attached to an aromatic ring is 1. The number of carbonyl (C=O) groups excluding carboxylic acids is 3. The smallest absolute Gasteiger partial charge is 0.455 e. The standard InChI is InChI=1S/C39H59FN4O11/c1-12-28-39(8)33(54-36(48)55-39)23(4)29(43-50-15-13-14-25-17-26(41)20-42-19-25)21(2)18-37(6,49-11)32(24(5)31(46)38(7,40)35(47)52-28)53-34-30(45)27(44(9)10)16-22(3)51-34/h13-14,17,19-24,27-28,30,32-34,45H,12,15-16,18,41H2,1-11H3/b14-13+,43-29+/t21-,22-,23+,24+,27+,28-,30-,32-,33-,34+,37-,38+,39-/m1/s1. The average Bonchev–Trinajstić information content (AvgIpc) is 3.44. The fourth-order valence-corrected chi connectivity index (χ4v) is 8.14. The molecule has 4 rings (SSSR count). The molecule has 1 aromatic rings. The minimum atomic E-state index is -3.17. The molecular formula is C39H59FN4O11. The van der Waals surface area contributed by atoms with E-state index in [9.17, 15) is 19.5 Å². The van der Waals surface area contributed by atoms with Crippen molar-refractivity contribution in [3.63, 3.8) is 0 Å². The number of methoxy groups -OCH3 is 1. The van der Waals surface area contributed by atoms with E-state index < -0.39 is 83.2 Å². The van der Waals surface area contributed by atoms with Crippen LogP contribution in [0.5, 0.6) is 0 Å². The Morgan fingerprint density at radius 3 is 2.42 bits per heavy atom. The zero-order chi connectivity index (χ0) is 41.0. The Hall–Kier alpha value is -3.70. The number of rotatable bonds is 9. The van der Waals surface area contributed by atoms with Crippen LogP contribution in [0, 0.1) is 17.8 Å². The van der Waals surface area contributed by atoms with Crippen molar-refractivity contribution in [2.75, 3.05) is 33.5 Å². The number of oxime groups is 1. The fraction of sp³-hybridized carbons (Fsp3) is 0.718. The number of aliphatic hydroxyl groups is 1. The summed E-state index contributed by atoms with van der Waals surface area (Å²) in [6, 6.07) is 1.40. The molecule has 13 atom stereocenters. The molecule has 1 aromatic heterocycles. The number of esters is 1. The maximum Gasteiger partial charge on any atom is 0.509 e. The number of carbonyl (C=O) groups is 3. The third kappa shape index (κ3) is 9.47. The lowest BCUT2D eigenvalue weighted by atomic mass is 9.73. The van der Waals surface area contributed by atoms with Crippen molar-refractivity contribution < 1.29 is 57.1 Å². The number of cyclic esters (lactones) is 1. The van der Waals surface area contributed by atoms with Crippen LogP contribution >= 0.6 is 0 Å². The summed E-state index contributed by atoms with van der Waals surface area (Å²) in [4.78, 5) is 52.5. The van der Waals surface area contributed by atoms with Crippen LogP contribution < -0.4 is 5.73 Å². The van der Waals surface area contributed by atoms with Crippen LogP contribution in [0.15, 0.2) is 29.7 Å². The lowest BCUT2D eigenvalue weighted by Gasteiger charge is -2.47. The van der Waals surface area contributed by atoms with Gasteiger partial charge in [-0.2, -0.15) is 0 Å². The zero-order valence-electron chi connectivity index (χ0n) is 33.8. The number of nitrogens with zero attached hydrogens (tertiary/aromatic N) is 3. The van der Waals surface area contributed by atoms with Gasteiger partial charge in [0.05, 0.1) is 29.2 Å². The molecular weight excluding hydrogens is 719 g/mol. The topological polar surface area (TPSA) is 191 Å². The zero-order valence-corrected chi connectivity index (χ0v) is 33.8. The van der Waals surface area contributed by atoms with Gasteiger partial charge in [-0.05, 0) is 78.8 Å². The molecule has 3 saturated heterocycles. The van der Waals surface area contributed by atoms with E-state index in [1.165, 1.54) is 20.2 Å². The number of aromatic nitrogens is 1. The highest BCUT2D eigenvalue weighted by Gasteiger charge is 2.60. The van der Waals surface area contributed by atoms with Crippen LogP contribution in [-0.2, 0) is 42.8 Å². The Morgan fingerprint density at radius 2 is 1.80 bits per heavy atom. The minimum Gasteiger partial charge on any atom is -0.455 e. The second kappa shape index (κ2) is 17.6. The maximum atomic E-state index is 16.7. The first-order valence-electron chi connectivity index (χ1n) is 18.8. The summed E-state index contributed by atoms with van der Waals surface area (Å²) in [7, 11) is 5.08. The van der Waals surface area contributed by atoms with Gasteiger partial charge >= 0.3 is 12.1 Å². The summed E-state index contributed by atoms with van der Waals surface area (Å²) in [6.07, 6.45) is 0.0570. The van der Waals surface area contributed by atoms with Gasteiger partial charge in [0.1, 0.15) is 18.8 Å². The Bertz CT molecular complexity index is 1590. The second-order valence-corrected chi connectivity index (χ2v) is 15.8. The molecule has 308 valence electrons. The molecule has 16 heteroatoms. The lowest BCUT2D eigenvalue weighted by Crippen LogP contribution is -2.61. The molecule has 3 aliphatic rings. The SMILES string of the molecule is CC[C@H]1OC(=O)[C@@](C)(F)C(=O)[C@H](C)[C@@H](O[C@@H]2O[C@H](C)C[C@H](N(C)C)[C@H]2O)[C@](C)(OC)C[C@@H](C)/C(=N\OC/C=C/c2cncc(N)c2)[C@H](C)[C@H]2OC(=O)O[C@@]21C. The largest absolute Gasteiger partial charge is 0.509 e. The highest BCUT2D eigenvalue weighted by atomic mass is 19.1. The Morgan fingerprint density at radius 1 is 1.11 bits per heavy atom. The van der Waals surface area contributed by atoms with Gasteiger partial charge < -0.3 is 49.0 Å². The first-order chi connectivity index (χ1) is 25.7. The summed E-state index contributed by atoms with van der Waals surface area (Å²) in [5.74, 6) is -5.20. The molecule has 3 aliphatic heterocycles.